The van der Waals surface area contributed by atoms with Gasteiger partial charge in [-0.25, -0.2) is 0 Å². The summed E-state index contributed by atoms with van der Waals surface area (Å²) < 4.78 is 15.0. The van der Waals surface area contributed by atoms with Gasteiger partial charge >= 0.3 is 0 Å². The summed E-state index contributed by atoms with van der Waals surface area (Å²) in [5.41, 5.74) is 18.3. The molecule has 0 aliphatic carbocycles. The van der Waals surface area contributed by atoms with Crippen LogP contribution in [0.25, 0.3) is 127 Å². The van der Waals surface area contributed by atoms with E-state index < -0.39 is 0 Å². The molecule has 0 aliphatic rings. The molecule has 0 unspecified atom stereocenters. The predicted octanol–water partition coefficient (Wildman–Crippen LogP) is 16.3. The molecule has 0 bridgehead atoms. The number of furan rings is 2. The minimum atomic E-state index is 0.854. The maximum Gasteiger partial charge on any atom is 0.135 e. The Labute approximate surface area is 362 Å². The number of rotatable bonds is 6. The van der Waals surface area contributed by atoms with Crippen LogP contribution >= 0.6 is 0 Å². The molecule has 9 aromatic carbocycles. The SMILES string of the molecule is c1ccc(-c2cccc(-c3cccc(-c4cncc(-c5ccc6oc7ccc(-n8c9ccccc9c9ccc(-c%10ccc%11oc%12ccccc%12c%11c%10)cc98)cc7c6c5)c4)c3)c2)cc1. The molecule has 63 heavy (non-hydrogen) atoms. The Hall–Kier alpha value is -8.47. The van der Waals surface area contributed by atoms with E-state index in [9.17, 15) is 0 Å². The Kier molecular flexibility index (Phi) is 7.87. The Morgan fingerprint density at radius 1 is 0.270 bits per heavy atom. The summed E-state index contributed by atoms with van der Waals surface area (Å²) in [5.74, 6) is 0. The van der Waals surface area contributed by atoms with Crippen LogP contribution in [0.15, 0.2) is 227 Å². The number of benzene rings is 9. The first kappa shape index (κ1) is 35.3. The van der Waals surface area contributed by atoms with E-state index >= 15 is 0 Å². The van der Waals surface area contributed by atoms with Crippen LogP contribution in [0.5, 0.6) is 0 Å². The molecule has 0 fully saturated rings. The Balaban J connectivity index is 0.887. The van der Waals surface area contributed by atoms with Gasteiger partial charge in [-0.2, -0.15) is 0 Å². The molecule has 0 saturated heterocycles. The summed E-state index contributed by atoms with van der Waals surface area (Å²) in [6, 6.07) is 73.6. The molecule has 4 nitrogen and oxygen atoms in total. The van der Waals surface area contributed by atoms with E-state index in [0.717, 1.165) is 94.0 Å². The highest BCUT2D eigenvalue weighted by molar-refractivity contribution is 6.12. The normalized spacial score (nSPS) is 11.8. The van der Waals surface area contributed by atoms with Gasteiger partial charge in [0.1, 0.15) is 22.3 Å². The fourth-order valence-corrected chi connectivity index (χ4v) is 9.56. The van der Waals surface area contributed by atoms with Gasteiger partial charge < -0.3 is 13.4 Å². The van der Waals surface area contributed by atoms with Gasteiger partial charge in [0.15, 0.2) is 0 Å². The number of pyridine rings is 1. The summed E-state index contributed by atoms with van der Waals surface area (Å²) in [6.45, 7) is 0. The standard InChI is InChI=1S/C59H36N2O2/c1-2-10-37(11-3-1)38-12-8-13-39(28-38)40-14-9-15-41(29-40)45-30-46(36-60-35-45)43-22-26-58-52(32-43)53-34-47(23-27-59(53)63-58)61-54-18-6-4-16-48(54)49-24-20-44(33-55(49)61)42-21-25-57-51(31-42)50-17-5-7-19-56(50)62-57/h1-36H. The maximum atomic E-state index is 6.48. The van der Waals surface area contributed by atoms with E-state index in [1.165, 1.54) is 33.0 Å². The molecule has 0 atom stereocenters. The number of hydrogen-bond donors (Lipinski definition) is 0. The van der Waals surface area contributed by atoms with Crippen molar-refractivity contribution in [3.05, 3.63) is 219 Å². The number of fused-ring (bicyclic) bond motifs is 9. The largest absolute Gasteiger partial charge is 0.456 e. The molecule has 4 heterocycles. The van der Waals surface area contributed by atoms with Crippen molar-refractivity contribution in [2.45, 2.75) is 0 Å². The summed E-state index contributed by atoms with van der Waals surface area (Å²) >= 11 is 0. The zero-order chi connectivity index (χ0) is 41.4. The van der Waals surface area contributed by atoms with Crippen molar-refractivity contribution < 1.29 is 8.83 Å². The van der Waals surface area contributed by atoms with Gasteiger partial charge in [0.25, 0.3) is 0 Å². The molecule has 4 heteroatoms. The van der Waals surface area contributed by atoms with Gasteiger partial charge in [0.05, 0.1) is 11.0 Å². The van der Waals surface area contributed by atoms with Crippen molar-refractivity contribution in [3.63, 3.8) is 0 Å². The third-order valence-corrected chi connectivity index (χ3v) is 12.7. The van der Waals surface area contributed by atoms with Crippen LogP contribution in [0.2, 0.25) is 0 Å². The molecule has 0 radical (unpaired) electrons. The first-order valence-electron chi connectivity index (χ1n) is 21.3. The lowest BCUT2D eigenvalue weighted by Gasteiger charge is -2.10. The van der Waals surface area contributed by atoms with E-state index in [1.807, 2.05) is 24.5 Å². The fourth-order valence-electron chi connectivity index (χ4n) is 9.56. The predicted molar refractivity (Wildman–Crippen MR) is 260 cm³/mol. The molecule has 0 saturated carbocycles. The lowest BCUT2D eigenvalue weighted by molar-refractivity contribution is 0.668. The molecule has 0 aliphatic heterocycles. The van der Waals surface area contributed by atoms with Crippen molar-refractivity contribution >= 4 is 65.7 Å². The van der Waals surface area contributed by atoms with Gasteiger partial charge in [-0.3, -0.25) is 4.98 Å². The average molecular weight is 805 g/mol. The first-order chi connectivity index (χ1) is 31.2. The van der Waals surface area contributed by atoms with E-state index in [4.69, 9.17) is 13.8 Å². The van der Waals surface area contributed by atoms with Crippen LogP contribution in [0.4, 0.5) is 0 Å². The molecule has 13 aromatic rings. The van der Waals surface area contributed by atoms with Crippen molar-refractivity contribution in [2.75, 3.05) is 0 Å². The number of aromatic nitrogens is 2. The monoisotopic (exact) mass is 804 g/mol. The van der Waals surface area contributed by atoms with Crippen LogP contribution in [-0.2, 0) is 0 Å². The third-order valence-electron chi connectivity index (χ3n) is 12.7. The van der Waals surface area contributed by atoms with Crippen molar-refractivity contribution in [1.82, 2.24) is 9.55 Å². The zero-order valence-electron chi connectivity index (χ0n) is 34.0. The molecular formula is C59H36N2O2. The first-order valence-corrected chi connectivity index (χ1v) is 21.3. The fraction of sp³-hybridized carbons (Fsp3) is 0. The second kappa shape index (κ2) is 14.1. The highest BCUT2D eigenvalue weighted by Crippen LogP contribution is 2.40. The summed E-state index contributed by atoms with van der Waals surface area (Å²) in [6.07, 6.45) is 3.91. The van der Waals surface area contributed by atoms with Crippen molar-refractivity contribution in [2.24, 2.45) is 0 Å². The van der Waals surface area contributed by atoms with Crippen LogP contribution in [-0.4, -0.2) is 9.55 Å². The van der Waals surface area contributed by atoms with Gasteiger partial charge in [-0.05, 0) is 123 Å². The third kappa shape index (κ3) is 5.88. The topological polar surface area (TPSA) is 44.1 Å². The smallest absolute Gasteiger partial charge is 0.135 e. The number of hydrogen-bond acceptors (Lipinski definition) is 3. The number of nitrogens with zero attached hydrogens (tertiary/aromatic N) is 2. The maximum absolute atomic E-state index is 6.48. The van der Waals surface area contributed by atoms with E-state index in [2.05, 4.69) is 199 Å². The van der Waals surface area contributed by atoms with E-state index in [0.29, 0.717) is 0 Å². The van der Waals surface area contributed by atoms with Gasteiger partial charge in [-0.1, -0.05) is 127 Å². The summed E-state index contributed by atoms with van der Waals surface area (Å²) in [7, 11) is 0. The molecule has 0 spiro atoms. The van der Waals surface area contributed by atoms with Crippen LogP contribution in [0.3, 0.4) is 0 Å². The molecule has 0 amide bonds. The van der Waals surface area contributed by atoms with Gasteiger partial charge in [0.2, 0.25) is 0 Å². The molecule has 0 N–H and O–H groups in total. The highest BCUT2D eigenvalue weighted by atomic mass is 16.3. The zero-order valence-corrected chi connectivity index (χ0v) is 34.0. The minimum absolute atomic E-state index is 0.854. The van der Waals surface area contributed by atoms with Crippen molar-refractivity contribution in [1.29, 1.82) is 0 Å². The lowest BCUT2D eigenvalue weighted by atomic mass is 9.96. The molecule has 4 aromatic heterocycles. The molecule has 294 valence electrons. The minimum Gasteiger partial charge on any atom is -0.456 e. The highest BCUT2D eigenvalue weighted by Gasteiger charge is 2.17. The Morgan fingerprint density at radius 2 is 0.730 bits per heavy atom. The Bertz CT molecular complexity index is 3920. The average Bonchev–Trinajstić information content (AvgIpc) is 4.03. The van der Waals surface area contributed by atoms with Crippen LogP contribution in [0.1, 0.15) is 0 Å². The second-order valence-electron chi connectivity index (χ2n) is 16.4. The van der Waals surface area contributed by atoms with Gasteiger partial charge in [-0.15, -0.1) is 0 Å². The lowest BCUT2D eigenvalue weighted by Crippen LogP contribution is -1.93. The summed E-state index contributed by atoms with van der Waals surface area (Å²) in [4.78, 5) is 4.75. The van der Waals surface area contributed by atoms with Crippen molar-refractivity contribution in [3.8, 4) is 61.3 Å². The number of para-hydroxylation sites is 2. The summed E-state index contributed by atoms with van der Waals surface area (Å²) in [5, 5.41) is 6.81. The van der Waals surface area contributed by atoms with E-state index in [1.54, 1.807) is 0 Å². The molecular weight excluding hydrogens is 769 g/mol. The van der Waals surface area contributed by atoms with E-state index in [-0.39, 0.29) is 0 Å². The molecule has 13 rings (SSSR count). The quantitative estimate of drug-likeness (QED) is 0.168. The Morgan fingerprint density at radius 3 is 1.46 bits per heavy atom. The second-order valence-corrected chi connectivity index (χ2v) is 16.4. The van der Waals surface area contributed by atoms with Crippen LogP contribution < -0.4 is 0 Å². The van der Waals surface area contributed by atoms with Crippen LogP contribution in [0, 0.1) is 0 Å². The van der Waals surface area contributed by atoms with Gasteiger partial charge in [0, 0.05) is 61.5 Å².